The van der Waals surface area contributed by atoms with Crippen LogP contribution in [0.1, 0.15) is 56.6 Å². The van der Waals surface area contributed by atoms with E-state index in [1.165, 1.54) is 44.2 Å². The van der Waals surface area contributed by atoms with Gasteiger partial charge in [-0.25, -0.2) is 8.42 Å². The van der Waals surface area contributed by atoms with Crippen molar-refractivity contribution in [1.29, 1.82) is 0 Å². The van der Waals surface area contributed by atoms with Gasteiger partial charge in [-0.3, -0.25) is 9.62 Å². The molecule has 1 aromatic rings. The number of nitrogens with one attached hydrogen (secondary N) is 2. The summed E-state index contributed by atoms with van der Waals surface area (Å²) >= 11 is 0. The molecule has 0 radical (unpaired) electrons. The van der Waals surface area contributed by atoms with Crippen LogP contribution in [0.4, 0.5) is 5.69 Å². The summed E-state index contributed by atoms with van der Waals surface area (Å²) in [5.41, 5.74) is 2.01. The molecule has 1 unspecified atom stereocenters. The number of sulfonamides is 1. The third kappa shape index (κ3) is 3.71. The van der Waals surface area contributed by atoms with Crippen LogP contribution in [0.25, 0.3) is 0 Å². The van der Waals surface area contributed by atoms with E-state index < -0.39 is 10.0 Å². The molecule has 138 valence electrons. The summed E-state index contributed by atoms with van der Waals surface area (Å²) in [4.78, 5) is 2.66. The number of hydrogen-bond donors (Lipinski definition) is 2. The maximum Gasteiger partial charge on any atom is 0.236 e. The van der Waals surface area contributed by atoms with Crippen molar-refractivity contribution in [2.75, 3.05) is 24.4 Å². The van der Waals surface area contributed by atoms with Crippen LogP contribution < -0.4 is 10.0 Å². The SMILES string of the molecule is O=S(=O)(Nc1ccc([C@H]2CC[C@H]3CCCCN32)cc1)C1CCCNC1. The van der Waals surface area contributed by atoms with E-state index >= 15 is 0 Å². The van der Waals surface area contributed by atoms with Gasteiger partial charge in [-0.15, -0.1) is 0 Å². The molecule has 0 amide bonds. The van der Waals surface area contributed by atoms with Crippen molar-refractivity contribution in [3.63, 3.8) is 0 Å². The molecular formula is C19H29N3O2S. The first-order chi connectivity index (χ1) is 12.1. The molecule has 3 aliphatic rings. The number of rotatable bonds is 4. The highest BCUT2D eigenvalue weighted by atomic mass is 32.2. The minimum atomic E-state index is -3.31. The highest BCUT2D eigenvalue weighted by molar-refractivity contribution is 7.93. The van der Waals surface area contributed by atoms with Gasteiger partial charge in [0.05, 0.1) is 5.25 Å². The van der Waals surface area contributed by atoms with Gasteiger partial charge in [0.1, 0.15) is 0 Å². The van der Waals surface area contributed by atoms with Gasteiger partial charge >= 0.3 is 0 Å². The van der Waals surface area contributed by atoms with Crippen LogP contribution in [0.3, 0.4) is 0 Å². The van der Waals surface area contributed by atoms with Gasteiger partial charge in [0, 0.05) is 24.3 Å². The smallest absolute Gasteiger partial charge is 0.236 e. The van der Waals surface area contributed by atoms with Crippen molar-refractivity contribution in [1.82, 2.24) is 10.2 Å². The third-order valence-electron chi connectivity index (χ3n) is 6.09. The molecule has 25 heavy (non-hydrogen) atoms. The van der Waals surface area contributed by atoms with Crippen molar-refractivity contribution < 1.29 is 8.42 Å². The summed E-state index contributed by atoms with van der Waals surface area (Å²) in [6.45, 7) is 2.67. The van der Waals surface area contributed by atoms with Crippen molar-refractivity contribution in [3.05, 3.63) is 29.8 Å². The van der Waals surface area contributed by atoms with Crippen LogP contribution in [0.2, 0.25) is 0 Å². The minimum absolute atomic E-state index is 0.329. The van der Waals surface area contributed by atoms with Gasteiger partial charge in [-0.05, 0) is 69.3 Å². The topological polar surface area (TPSA) is 61.4 Å². The molecule has 1 aromatic carbocycles. The van der Waals surface area contributed by atoms with E-state index in [0.717, 1.165) is 25.4 Å². The summed E-state index contributed by atoms with van der Waals surface area (Å²) < 4.78 is 27.8. The van der Waals surface area contributed by atoms with Crippen molar-refractivity contribution in [2.24, 2.45) is 0 Å². The van der Waals surface area contributed by atoms with Gasteiger partial charge in [0.2, 0.25) is 10.0 Å². The van der Waals surface area contributed by atoms with Gasteiger partial charge in [0.15, 0.2) is 0 Å². The minimum Gasteiger partial charge on any atom is -0.315 e. The lowest BCUT2D eigenvalue weighted by atomic mass is 10.0. The number of benzene rings is 1. The Morgan fingerprint density at radius 2 is 1.84 bits per heavy atom. The molecule has 3 saturated heterocycles. The summed E-state index contributed by atoms with van der Waals surface area (Å²) in [5, 5.41) is 2.85. The Kier molecular flexibility index (Phi) is 5.02. The van der Waals surface area contributed by atoms with E-state index in [-0.39, 0.29) is 5.25 Å². The Morgan fingerprint density at radius 1 is 1.00 bits per heavy atom. The molecular weight excluding hydrogens is 334 g/mol. The second-order valence-electron chi connectivity index (χ2n) is 7.72. The predicted octanol–water partition coefficient (Wildman–Crippen LogP) is 2.87. The first kappa shape index (κ1) is 17.3. The van der Waals surface area contributed by atoms with Crippen LogP contribution in [0.5, 0.6) is 0 Å². The molecule has 0 bridgehead atoms. The zero-order valence-corrected chi connectivity index (χ0v) is 15.6. The van der Waals surface area contributed by atoms with Gasteiger partial charge in [-0.2, -0.15) is 0 Å². The van der Waals surface area contributed by atoms with E-state index in [1.807, 2.05) is 12.1 Å². The fourth-order valence-electron chi connectivity index (χ4n) is 4.72. The molecule has 3 atom stereocenters. The average Bonchev–Trinajstić information content (AvgIpc) is 3.07. The Labute approximate surface area is 151 Å². The van der Waals surface area contributed by atoms with Crippen LogP contribution in [0, 0.1) is 0 Å². The zero-order valence-electron chi connectivity index (χ0n) is 14.8. The molecule has 0 saturated carbocycles. The van der Waals surface area contributed by atoms with Crippen LogP contribution in [-0.2, 0) is 10.0 Å². The molecule has 3 aliphatic heterocycles. The van der Waals surface area contributed by atoms with Gasteiger partial charge < -0.3 is 5.32 Å². The highest BCUT2D eigenvalue weighted by Gasteiger charge is 2.35. The molecule has 2 N–H and O–H groups in total. The van der Waals surface area contributed by atoms with Crippen LogP contribution in [0.15, 0.2) is 24.3 Å². The molecule has 3 heterocycles. The molecule has 0 aromatic heterocycles. The van der Waals surface area contributed by atoms with E-state index in [9.17, 15) is 8.42 Å². The molecule has 4 rings (SSSR count). The Morgan fingerprint density at radius 3 is 2.60 bits per heavy atom. The maximum absolute atomic E-state index is 12.5. The monoisotopic (exact) mass is 363 g/mol. The summed E-state index contributed by atoms with van der Waals surface area (Å²) in [5.74, 6) is 0. The van der Waals surface area contributed by atoms with Crippen molar-refractivity contribution in [2.45, 2.75) is 62.3 Å². The third-order valence-corrected chi connectivity index (χ3v) is 7.89. The zero-order chi connectivity index (χ0) is 17.3. The molecule has 5 nitrogen and oxygen atoms in total. The Balaban J connectivity index is 1.43. The Bertz CT molecular complexity index is 683. The maximum atomic E-state index is 12.5. The lowest BCUT2D eigenvalue weighted by Crippen LogP contribution is -2.41. The Hall–Kier alpha value is -1.11. The molecule has 0 aliphatic carbocycles. The number of anilines is 1. The van der Waals surface area contributed by atoms with Gasteiger partial charge in [-0.1, -0.05) is 18.6 Å². The van der Waals surface area contributed by atoms with E-state index in [0.29, 0.717) is 18.3 Å². The van der Waals surface area contributed by atoms with E-state index in [2.05, 4.69) is 27.1 Å². The normalized spacial score (nSPS) is 30.8. The van der Waals surface area contributed by atoms with Crippen LogP contribution in [-0.4, -0.2) is 44.2 Å². The quantitative estimate of drug-likeness (QED) is 0.863. The number of nitrogens with zero attached hydrogens (tertiary/aromatic N) is 1. The standard InChI is InChI=1S/C19H29N3O2S/c23-25(24,18-5-3-12-20-14-18)21-16-8-6-15(7-9-16)19-11-10-17-4-1-2-13-22(17)19/h6-9,17-21H,1-5,10-14H2/t17-,18?,19-/m1/s1. The number of fused-ring (bicyclic) bond motifs is 1. The van der Waals surface area contributed by atoms with Crippen LogP contribution >= 0.6 is 0 Å². The number of piperidine rings is 2. The first-order valence-corrected chi connectivity index (χ1v) is 11.3. The lowest BCUT2D eigenvalue weighted by molar-refractivity contribution is 0.150. The van der Waals surface area contributed by atoms with E-state index in [4.69, 9.17) is 0 Å². The summed E-state index contributed by atoms with van der Waals surface area (Å²) in [7, 11) is -3.31. The highest BCUT2D eigenvalue weighted by Crippen LogP contribution is 2.40. The predicted molar refractivity (Wildman–Crippen MR) is 101 cm³/mol. The summed E-state index contributed by atoms with van der Waals surface area (Å²) in [6, 6.07) is 9.35. The largest absolute Gasteiger partial charge is 0.315 e. The van der Waals surface area contributed by atoms with Crippen molar-refractivity contribution in [3.8, 4) is 0 Å². The number of hydrogen-bond acceptors (Lipinski definition) is 4. The lowest BCUT2D eigenvalue weighted by Gasteiger charge is -2.34. The molecule has 0 spiro atoms. The molecule has 6 heteroatoms. The second kappa shape index (κ2) is 7.25. The molecule has 3 fully saturated rings. The van der Waals surface area contributed by atoms with Crippen molar-refractivity contribution >= 4 is 15.7 Å². The van der Waals surface area contributed by atoms with Gasteiger partial charge in [0.25, 0.3) is 0 Å². The average molecular weight is 364 g/mol. The van der Waals surface area contributed by atoms with E-state index in [1.54, 1.807) is 0 Å². The fourth-order valence-corrected chi connectivity index (χ4v) is 6.17. The second-order valence-corrected chi connectivity index (χ2v) is 9.68. The fraction of sp³-hybridized carbons (Fsp3) is 0.684. The summed E-state index contributed by atoms with van der Waals surface area (Å²) in [6.07, 6.45) is 8.19. The first-order valence-electron chi connectivity index (χ1n) is 9.71.